The van der Waals surface area contributed by atoms with Gasteiger partial charge >= 0.3 is 5.97 Å². The summed E-state index contributed by atoms with van der Waals surface area (Å²) in [6.07, 6.45) is 1.68. The number of allylic oxidation sites excluding steroid dienone is 1. The molecule has 3 heterocycles. The van der Waals surface area contributed by atoms with Crippen LogP contribution in [-0.4, -0.2) is 74.4 Å². The van der Waals surface area contributed by atoms with E-state index < -0.39 is 22.5 Å². The lowest BCUT2D eigenvalue weighted by atomic mass is 9.95. The highest BCUT2D eigenvalue weighted by atomic mass is 32.1. The summed E-state index contributed by atoms with van der Waals surface area (Å²) in [7, 11) is 5.09. The number of thiazole rings is 1. The van der Waals surface area contributed by atoms with E-state index in [1.807, 2.05) is 0 Å². The molecular formula is C30H33N5O7S. The van der Waals surface area contributed by atoms with Crippen molar-refractivity contribution in [3.05, 3.63) is 88.6 Å². The van der Waals surface area contributed by atoms with Crippen LogP contribution in [-0.2, 0) is 9.53 Å². The largest absolute Gasteiger partial charge is 0.497 e. The number of nitrogens with zero attached hydrogens (tertiary/aromatic N) is 5. The van der Waals surface area contributed by atoms with Gasteiger partial charge in [0.1, 0.15) is 17.5 Å². The lowest BCUT2D eigenvalue weighted by Gasteiger charge is -2.34. The van der Waals surface area contributed by atoms with Gasteiger partial charge in [0.2, 0.25) is 0 Å². The lowest BCUT2D eigenvalue weighted by molar-refractivity contribution is -0.384. The van der Waals surface area contributed by atoms with Gasteiger partial charge < -0.3 is 24.0 Å². The summed E-state index contributed by atoms with van der Waals surface area (Å²) >= 11 is 1.16. The van der Waals surface area contributed by atoms with Gasteiger partial charge in [-0.2, -0.15) is 0 Å². The van der Waals surface area contributed by atoms with E-state index in [2.05, 4.69) is 21.8 Å². The third-order valence-electron chi connectivity index (χ3n) is 7.60. The van der Waals surface area contributed by atoms with Gasteiger partial charge in [0, 0.05) is 61.2 Å². The molecule has 2 aliphatic rings. The zero-order valence-electron chi connectivity index (χ0n) is 24.7. The molecule has 0 N–H and O–H groups in total. The van der Waals surface area contributed by atoms with Crippen molar-refractivity contribution in [3.63, 3.8) is 0 Å². The Morgan fingerprint density at radius 3 is 2.53 bits per heavy atom. The van der Waals surface area contributed by atoms with Gasteiger partial charge in [-0.1, -0.05) is 11.3 Å². The molecule has 12 nitrogen and oxygen atoms in total. The summed E-state index contributed by atoms with van der Waals surface area (Å²) in [6, 6.07) is 9.00. The molecule has 2 aliphatic heterocycles. The maximum atomic E-state index is 14.2. The van der Waals surface area contributed by atoms with Gasteiger partial charge in [0.05, 0.1) is 41.6 Å². The highest BCUT2D eigenvalue weighted by molar-refractivity contribution is 7.07. The fourth-order valence-corrected chi connectivity index (χ4v) is 6.42. The van der Waals surface area contributed by atoms with E-state index in [0.29, 0.717) is 37.7 Å². The molecule has 1 atom stereocenters. The number of nitro benzene ring substituents is 1. The first kappa shape index (κ1) is 30.0. The van der Waals surface area contributed by atoms with Crippen molar-refractivity contribution in [2.24, 2.45) is 4.99 Å². The number of hydrogen-bond donors (Lipinski definition) is 0. The van der Waals surface area contributed by atoms with Crippen molar-refractivity contribution in [1.29, 1.82) is 0 Å². The Balaban J connectivity index is 1.73. The fraction of sp³-hybridized carbons (Fsp3) is 0.367. The number of aromatic nitrogens is 1. The molecule has 0 radical (unpaired) electrons. The number of ether oxygens (including phenoxy) is 3. The van der Waals surface area contributed by atoms with Crippen molar-refractivity contribution in [3.8, 4) is 11.5 Å². The predicted octanol–water partition coefficient (Wildman–Crippen LogP) is 2.48. The molecule has 0 bridgehead atoms. The first-order valence-corrected chi connectivity index (χ1v) is 14.6. The molecule has 0 aliphatic carbocycles. The molecule has 0 saturated carbocycles. The number of hydrogen-bond acceptors (Lipinski definition) is 11. The van der Waals surface area contributed by atoms with Gasteiger partial charge in [-0.3, -0.25) is 19.5 Å². The smallest absolute Gasteiger partial charge is 0.338 e. The minimum atomic E-state index is -0.888. The number of fused-ring (bicyclic) bond motifs is 1. The number of benzene rings is 2. The van der Waals surface area contributed by atoms with Gasteiger partial charge in [0.25, 0.3) is 11.2 Å². The Kier molecular flexibility index (Phi) is 8.64. The van der Waals surface area contributed by atoms with E-state index in [1.165, 1.54) is 30.9 Å². The van der Waals surface area contributed by atoms with E-state index >= 15 is 0 Å². The maximum absolute atomic E-state index is 14.2. The van der Waals surface area contributed by atoms with E-state index in [4.69, 9.17) is 14.2 Å². The SMILES string of the molecule is CCOC(=O)C1=C(C)N=c2s/c(=C/c3cc([N+](=O)[O-])ccc3N3CCN(C)CC3)c(=O)n2[C@@H]1c1ccc(OC)cc1OC. The minimum absolute atomic E-state index is 0.0711. The Morgan fingerprint density at radius 2 is 1.88 bits per heavy atom. The summed E-state index contributed by atoms with van der Waals surface area (Å²) in [5.74, 6) is 0.386. The monoisotopic (exact) mass is 607 g/mol. The number of methoxy groups -OCH3 is 2. The average molecular weight is 608 g/mol. The van der Waals surface area contributed by atoms with Crippen LogP contribution in [0.2, 0.25) is 0 Å². The third kappa shape index (κ3) is 5.77. The molecule has 1 fully saturated rings. The number of likely N-dealkylation sites (N-methyl/N-ethyl adjacent to an activating group) is 1. The second-order valence-corrected chi connectivity index (χ2v) is 11.2. The van der Waals surface area contributed by atoms with E-state index in [9.17, 15) is 19.7 Å². The van der Waals surface area contributed by atoms with Crippen LogP contribution in [0.5, 0.6) is 11.5 Å². The van der Waals surface area contributed by atoms with E-state index in [-0.39, 0.29) is 17.9 Å². The zero-order valence-corrected chi connectivity index (χ0v) is 25.5. The van der Waals surface area contributed by atoms with E-state index in [1.54, 1.807) is 44.2 Å². The van der Waals surface area contributed by atoms with Gasteiger partial charge in [0.15, 0.2) is 4.80 Å². The molecule has 3 aromatic rings. The number of carbonyl (C=O) groups excluding carboxylic acids is 1. The standard InChI is InChI=1S/C30H33N5O7S/c1-6-42-29(37)26-18(2)31-30-34(27(26)22-9-8-21(40-4)17-24(22)41-5)28(36)25(43-30)16-19-15-20(35(38)39)7-10-23(19)33-13-11-32(3)12-14-33/h7-10,15-17,27H,6,11-14H2,1-5H3/b25-16+/t27-/m1/s1. The van der Waals surface area contributed by atoms with Crippen LogP contribution in [0.3, 0.4) is 0 Å². The van der Waals surface area contributed by atoms with Crippen molar-refractivity contribution >= 4 is 34.8 Å². The second kappa shape index (κ2) is 12.4. The lowest BCUT2D eigenvalue weighted by Crippen LogP contribution is -2.44. The fourth-order valence-electron chi connectivity index (χ4n) is 5.38. The van der Waals surface area contributed by atoms with Crippen LogP contribution >= 0.6 is 11.3 Å². The van der Waals surface area contributed by atoms with Crippen molar-refractivity contribution in [2.75, 3.05) is 59.0 Å². The molecular weight excluding hydrogens is 574 g/mol. The Morgan fingerprint density at radius 1 is 1.14 bits per heavy atom. The topological polar surface area (TPSA) is 129 Å². The Hall–Kier alpha value is -4.49. The van der Waals surface area contributed by atoms with Crippen LogP contribution in [0.1, 0.15) is 31.0 Å². The number of rotatable bonds is 8. The van der Waals surface area contributed by atoms with Crippen LogP contribution in [0.15, 0.2) is 57.5 Å². The maximum Gasteiger partial charge on any atom is 0.338 e. The van der Waals surface area contributed by atoms with Crippen molar-refractivity contribution < 1.29 is 23.9 Å². The Bertz CT molecular complexity index is 1790. The average Bonchev–Trinajstić information content (AvgIpc) is 3.30. The van der Waals surface area contributed by atoms with Crippen molar-refractivity contribution in [2.45, 2.75) is 19.9 Å². The summed E-state index contributed by atoms with van der Waals surface area (Å²) in [4.78, 5) is 48.1. The minimum Gasteiger partial charge on any atom is -0.497 e. The van der Waals surface area contributed by atoms with Crippen LogP contribution < -0.4 is 29.3 Å². The molecule has 226 valence electrons. The summed E-state index contributed by atoms with van der Waals surface area (Å²) in [5.41, 5.74) is 2.10. The van der Waals surface area contributed by atoms with Crippen LogP contribution in [0.25, 0.3) is 6.08 Å². The zero-order chi connectivity index (χ0) is 30.8. The summed E-state index contributed by atoms with van der Waals surface area (Å²) in [5, 5.41) is 11.7. The molecule has 5 rings (SSSR count). The van der Waals surface area contributed by atoms with Gasteiger partial charge in [-0.25, -0.2) is 9.79 Å². The number of esters is 1. The molecule has 43 heavy (non-hydrogen) atoms. The first-order valence-electron chi connectivity index (χ1n) is 13.8. The van der Waals surface area contributed by atoms with Crippen molar-refractivity contribution in [1.82, 2.24) is 9.47 Å². The van der Waals surface area contributed by atoms with Crippen LogP contribution in [0, 0.1) is 10.1 Å². The number of carbonyl (C=O) groups is 1. The molecule has 0 unspecified atom stereocenters. The van der Waals surface area contributed by atoms with Gasteiger partial charge in [-0.15, -0.1) is 0 Å². The molecule has 13 heteroatoms. The first-order chi connectivity index (χ1) is 20.7. The number of anilines is 1. The normalized spacial score (nSPS) is 17.4. The summed E-state index contributed by atoms with van der Waals surface area (Å²) < 4.78 is 18.2. The molecule has 1 aromatic heterocycles. The third-order valence-corrected chi connectivity index (χ3v) is 8.59. The molecule has 1 saturated heterocycles. The highest BCUT2D eigenvalue weighted by Crippen LogP contribution is 2.37. The predicted molar refractivity (Wildman–Crippen MR) is 163 cm³/mol. The molecule has 0 amide bonds. The Labute approximate surface area is 251 Å². The molecule has 2 aromatic carbocycles. The highest BCUT2D eigenvalue weighted by Gasteiger charge is 2.35. The molecule has 0 spiro atoms. The van der Waals surface area contributed by atoms with E-state index in [0.717, 1.165) is 43.2 Å². The number of nitro groups is 1. The van der Waals surface area contributed by atoms with Crippen LogP contribution in [0.4, 0.5) is 11.4 Å². The number of non-ortho nitro benzene ring substituents is 1. The van der Waals surface area contributed by atoms with Gasteiger partial charge in [-0.05, 0) is 45.2 Å². The quantitative estimate of drug-likeness (QED) is 0.216. The summed E-state index contributed by atoms with van der Waals surface area (Å²) in [6.45, 7) is 6.75. The number of piperazine rings is 1. The second-order valence-electron chi connectivity index (χ2n) is 10.2.